The molecule has 1 aliphatic rings. The SMILES string of the molecule is CCCNc1ncc(F)cc1C(=O)N1CCCNC(=O)C1. The first-order chi connectivity index (χ1) is 10.1. The predicted octanol–water partition coefficient (Wildman–Crippen LogP) is 1.00. The first-order valence-electron chi connectivity index (χ1n) is 7.07. The highest BCUT2D eigenvalue weighted by atomic mass is 19.1. The number of hydrogen-bond donors (Lipinski definition) is 2. The number of anilines is 1. The zero-order chi connectivity index (χ0) is 15.2. The van der Waals surface area contributed by atoms with E-state index in [0.29, 0.717) is 31.9 Å². The molecule has 0 aliphatic carbocycles. The highest BCUT2D eigenvalue weighted by Crippen LogP contribution is 2.17. The molecule has 0 saturated carbocycles. The maximum Gasteiger partial charge on any atom is 0.258 e. The molecule has 1 saturated heterocycles. The molecule has 114 valence electrons. The Morgan fingerprint density at radius 2 is 2.38 bits per heavy atom. The van der Waals surface area contributed by atoms with Gasteiger partial charge in [0.1, 0.15) is 11.6 Å². The Bertz CT molecular complexity index is 536. The van der Waals surface area contributed by atoms with Gasteiger partial charge in [-0.2, -0.15) is 0 Å². The Balaban J connectivity index is 2.23. The second-order valence-corrected chi connectivity index (χ2v) is 4.91. The van der Waals surface area contributed by atoms with Crippen LogP contribution in [0.4, 0.5) is 10.2 Å². The van der Waals surface area contributed by atoms with E-state index in [9.17, 15) is 14.0 Å². The summed E-state index contributed by atoms with van der Waals surface area (Å²) in [6, 6.07) is 1.16. The molecule has 1 aliphatic heterocycles. The van der Waals surface area contributed by atoms with Crippen LogP contribution in [0.2, 0.25) is 0 Å². The molecule has 2 rings (SSSR count). The maximum absolute atomic E-state index is 13.4. The number of hydrogen-bond acceptors (Lipinski definition) is 4. The third-order valence-corrected chi connectivity index (χ3v) is 3.18. The van der Waals surface area contributed by atoms with E-state index in [2.05, 4.69) is 15.6 Å². The summed E-state index contributed by atoms with van der Waals surface area (Å²) in [5.41, 5.74) is 0.165. The second-order valence-electron chi connectivity index (χ2n) is 4.91. The van der Waals surface area contributed by atoms with Gasteiger partial charge in [-0.3, -0.25) is 9.59 Å². The largest absolute Gasteiger partial charge is 0.369 e. The molecule has 1 aromatic rings. The quantitative estimate of drug-likeness (QED) is 0.869. The van der Waals surface area contributed by atoms with Crippen molar-refractivity contribution in [3.63, 3.8) is 0 Å². The number of nitrogens with zero attached hydrogens (tertiary/aromatic N) is 2. The molecule has 2 N–H and O–H groups in total. The van der Waals surface area contributed by atoms with Crippen molar-refractivity contribution in [2.45, 2.75) is 19.8 Å². The van der Waals surface area contributed by atoms with E-state index in [0.717, 1.165) is 18.7 Å². The third-order valence-electron chi connectivity index (χ3n) is 3.18. The molecule has 2 amide bonds. The van der Waals surface area contributed by atoms with E-state index in [-0.39, 0.29) is 23.9 Å². The molecule has 21 heavy (non-hydrogen) atoms. The number of halogens is 1. The molecule has 0 unspecified atom stereocenters. The Labute approximate surface area is 122 Å². The number of pyridine rings is 1. The van der Waals surface area contributed by atoms with Gasteiger partial charge >= 0.3 is 0 Å². The summed E-state index contributed by atoms with van der Waals surface area (Å²) in [5, 5.41) is 5.71. The summed E-state index contributed by atoms with van der Waals surface area (Å²) >= 11 is 0. The fraction of sp³-hybridized carbons (Fsp3) is 0.500. The van der Waals surface area contributed by atoms with Crippen molar-refractivity contribution in [3.05, 3.63) is 23.6 Å². The highest BCUT2D eigenvalue weighted by molar-refractivity contribution is 6.00. The molecular formula is C14H19FN4O2. The van der Waals surface area contributed by atoms with Crippen LogP contribution in [0.1, 0.15) is 30.1 Å². The van der Waals surface area contributed by atoms with Crippen LogP contribution in [0.15, 0.2) is 12.3 Å². The summed E-state index contributed by atoms with van der Waals surface area (Å²) in [6.07, 6.45) is 2.61. The minimum Gasteiger partial charge on any atom is -0.369 e. The van der Waals surface area contributed by atoms with Crippen LogP contribution in [0.3, 0.4) is 0 Å². The summed E-state index contributed by atoms with van der Waals surface area (Å²) in [7, 11) is 0. The summed E-state index contributed by atoms with van der Waals surface area (Å²) < 4.78 is 13.4. The topological polar surface area (TPSA) is 74.3 Å². The normalized spacial score (nSPS) is 15.3. The second kappa shape index (κ2) is 7.01. The Morgan fingerprint density at radius 3 is 3.14 bits per heavy atom. The molecule has 0 aromatic carbocycles. The van der Waals surface area contributed by atoms with E-state index >= 15 is 0 Å². The van der Waals surface area contributed by atoms with Gasteiger partial charge in [-0.1, -0.05) is 6.92 Å². The number of carbonyl (C=O) groups is 2. The van der Waals surface area contributed by atoms with Crippen LogP contribution in [-0.2, 0) is 4.79 Å². The van der Waals surface area contributed by atoms with Gasteiger partial charge in [-0.25, -0.2) is 9.37 Å². The molecular weight excluding hydrogens is 275 g/mol. The average molecular weight is 294 g/mol. The van der Waals surface area contributed by atoms with Crippen LogP contribution in [-0.4, -0.2) is 47.9 Å². The van der Waals surface area contributed by atoms with E-state index in [4.69, 9.17) is 0 Å². The van der Waals surface area contributed by atoms with E-state index in [1.807, 2.05) is 6.92 Å². The van der Waals surface area contributed by atoms with Crippen molar-refractivity contribution in [1.82, 2.24) is 15.2 Å². The van der Waals surface area contributed by atoms with Gasteiger partial charge in [0.15, 0.2) is 0 Å². The lowest BCUT2D eigenvalue weighted by Crippen LogP contribution is -2.37. The van der Waals surface area contributed by atoms with E-state index in [1.165, 1.54) is 4.90 Å². The number of rotatable bonds is 4. The van der Waals surface area contributed by atoms with Crippen LogP contribution >= 0.6 is 0 Å². The van der Waals surface area contributed by atoms with E-state index < -0.39 is 5.82 Å². The van der Waals surface area contributed by atoms with Gasteiger partial charge in [0.25, 0.3) is 5.91 Å². The Hall–Kier alpha value is -2.18. The fourth-order valence-electron chi connectivity index (χ4n) is 2.14. The smallest absolute Gasteiger partial charge is 0.258 e. The van der Waals surface area contributed by atoms with Crippen LogP contribution < -0.4 is 10.6 Å². The van der Waals surface area contributed by atoms with Gasteiger partial charge in [0.05, 0.1) is 18.3 Å². The van der Waals surface area contributed by atoms with Gasteiger partial charge in [-0.15, -0.1) is 0 Å². The van der Waals surface area contributed by atoms with Crippen molar-refractivity contribution >= 4 is 17.6 Å². The molecule has 0 bridgehead atoms. The average Bonchev–Trinajstić information content (AvgIpc) is 2.70. The highest BCUT2D eigenvalue weighted by Gasteiger charge is 2.24. The number of carbonyl (C=O) groups excluding carboxylic acids is 2. The molecule has 6 nitrogen and oxygen atoms in total. The minimum absolute atomic E-state index is 0.0113. The van der Waals surface area contributed by atoms with E-state index in [1.54, 1.807) is 0 Å². The molecule has 1 aromatic heterocycles. The monoisotopic (exact) mass is 294 g/mol. The molecule has 7 heteroatoms. The first kappa shape index (κ1) is 15.2. The minimum atomic E-state index is -0.570. The van der Waals surface area contributed by atoms with Crippen LogP contribution in [0.5, 0.6) is 0 Å². The summed E-state index contributed by atoms with van der Waals surface area (Å²) in [5.74, 6) is -0.793. The maximum atomic E-state index is 13.4. The lowest BCUT2D eigenvalue weighted by atomic mass is 10.2. The molecule has 2 heterocycles. The number of nitrogens with one attached hydrogen (secondary N) is 2. The lowest BCUT2D eigenvalue weighted by Gasteiger charge is -2.20. The standard InChI is InChI=1S/C14H19FN4O2/c1-2-4-17-13-11(7-10(15)8-18-13)14(21)19-6-3-5-16-12(20)9-19/h7-8H,2-6,9H2,1H3,(H,16,20)(H,17,18). The molecule has 0 spiro atoms. The van der Waals surface area contributed by atoms with Crippen molar-refractivity contribution in [2.75, 3.05) is 31.5 Å². The number of amides is 2. The fourth-order valence-corrected chi connectivity index (χ4v) is 2.14. The number of aromatic nitrogens is 1. The predicted molar refractivity (Wildman–Crippen MR) is 76.5 cm³/mol. The van der Waals surface area contributed by atoms with Crippen molar-refractivity contribution in [1.29, 1.82) is 0 Å². The third kappa shape index (κ3) is 3.90. The zero-order valence-corrected chi connectivity index (χ0v) is 12.0. The van der Waals surface area contributed by atoms with Gasteiger partial charge in [-0.05, 0) is 18.9 Å². The zero-order valence-electron chi connectivity index (χ0n) is 12.0. The molecule has 1 fully saturated rings. The van der Waals surface area contributed by atoms with Crippen LogP contribution in [0, 0.1) is 5.82 Å². The van der Waals surface area contributed by atoms with Crippen LogP contribution in [0.25, 0.3) is 0 Å². The van der Waals surface area contributed by atoms with Gasteiger partial charge in [0, 0.05) is 19.6 Å². The first-order valence-corrected chi connectivity index (χ1v) is 7.07. The van der Waals surface area contributed by atoms with Gasteiger partial charge in [0.2, 0.25) is 5.91 Å². The molecule has 0 atom stereocenters. The summed E-state index contributed by atoms with van der Waals surface area (Å²) in [4.78, 5) is 29.4. The van der Waals surface area contributed by atoms with Crippen molar-refractivity contribution < 1.29 is 14.0 Å². The lowest BCUT2D eigenvalue weighted by molar-refractivity contribution is -0.121. The van der Waals surface area contributed by atoms with Gasteiger partial charge < -0.3 is 15.5 Å². The van der Waals surface area contributed by atoms with Crippen molar-refractivity contribution in [2.24, 2.45) is 0 Å². The summed E-state index contributed by atoms with van der Waals surface area (Å²) in [6.45, 7) is 3.62. The van der Waals surface area contributed by atoms with Crippen molar-refractivity contribution in [3.8, 4) is 0 Å². The molecule has 0 radical (unpaired) electrons. The Kier molecular flexibility index (Phi) is 5.08. The Morgan fingerprint density at radius 1 is 1.57 bits per heavy atom.